The number of primary sulfonamides is 1. The first kappa shape index (κ1) is 19.1. The topological polar surface area (TPSA) is 95.7 Å². The van der Waals surface area contributed by atoms with E-state index in [0.29, 0.717) is 19.5 Å². The summed E-state index contributed by atoms with van der Waals surface area (Å²) in [5, 5.41) is 8.21. The molecule has 2 amide bonds. The van der Waals surface area contributed by atoms with Crippen LogP contribution in [0.25, 0.3) is 0 Å². The van der Waals surface area contributed by atoms with E-state index in [4.69, 9.17) is 5.14 Å². The minimum absolute atomic E-state index is 0.0470. The normalized spacial score (nSPS) is 22.5. The maximum atomic E-state index is 12.4. The van der Waals surface area contributed by atoms with Crippen molar-refractivity contribution in [2.75, 3.05) is 31.9 Å². The molecule has 2 fully saturated rings. The van der Waals surface area contributed by atoms with Gasteiger partial charge in [0.1, 0.15) is 0 Å². The van der Waals surface area contributed by atoms with Crippen molar-refractivity contribution < 1.29 is 13.2 Å². The fourth-order valence-corrected chi connectivity index (χ4v) is 4.75. The Kier molecular flexibility index (Phi) is 6.16. The van der Waals surface area contributed by atoms with Crippen molar-refractivity contribution in [3.05, 3.63) is 35.9 Å². The fourth-order valence-electron chi connectivity index (χ4n) is 3.82. The lowest BCUT2D eigenvalue weighted by atomic mass is 10.0. The van der Waals surface area contributed by atoms with Crippen LogP contribution in [0.5, 0.6) is 0 Å². The standard InChI is InChI=1S/C18H28N4O3S/c19-26(24,25)14-16-6-11-22(13-16)18(23)20-17-7-9-21(10-8-17)12-15-4-2-1-3-5-15/h1-5,16-17H,6-14H2,(H,20,23)(H2,19,24,25). The summed E-state index contributed by atoms with van der Waals surface area (Å²) in [7, 11) is -3.48. The third-order valence-corrected chi connectivity index (χ3v) is 6.14. The molecule has 0 saturated carbocycles. The van der Waals surface area contributed by atoms with E-state index in [1.807, 2.05) is 6.07 Å². The quantitative estimate of drug-likeness (QED) is 0.796. The average Bonchev–Trinajstić information content (AvgIpc) is 3.04. The Balaban J connectivity index is 1.40. The van der Waals surface area contributed by atoms with Crippen molar-refractivity contribution >= 4 is 16.1 Å². The second-order valence-electron chi connectivity index (χ2n) is 7.42. The molecule has 1 atom stereocenters. The molecule has 3 rings (SSSR count). The van der Waals surface area contributed by atoms with Gasteiger partial charge in [0.05, 0.1) is 5.75 Å². The van der Waals surface area contributed by atoms with Gasteiger partial charge in [-0.2, -0.15) is 0 Å². The lowest BCUT2D eigenvalue weighted by Gasteiger charge is -2.33. The van der Waals surface area contributed by atoms with E-state index in [-0.39, 0.29) is 23.7 Å². The van der Waals surface area contributed by atoms with Crippen LogP contribution in [0.4, 0.5) is 4.79 Å². The van der Waals surface area contributed by atoms with Gasteiger partial charge in [0.2, 0.25) is 10.0 Å². The summed E-state index contributed by atoms with van der Waals surface area (Å²) in [6.07, 6.45) is 2.57. The number of nitrogens with zero attached hydrogens (tertiary/aromatic N) is 2. The van der Waals surface area contributed by atoms with E-state index >= 15 is 0 Å². The maximum Gasteiger partial charge on any atom is 0.317 e. The van der Waals surface area contributed by atoms with Gasteiger partial charge >= 0.3 is 6.03 Å². The molecule has 3 N–H and O–H groups in total. The molecule has 1 aromatic rings. The number of hydrogen-bond acceptors (Lipinski definition) is 4. The SMILES string of the molecule is NS(=O)(=O)CC1CCN(C(=O)NC2CCN(Cc3ccccc3)CC2)C1. The summed E-state index contributed by atoms with van der Waals surface area (Å²) in [6.45, 7) is 3.94. The molecular weight excluding hydrogens is 352 g/mol. The molecule has 2 heterocycles. The summed E-state index contributed by atoms with van der Waals surface area (Å²) in [5.74, 6) is -0.0993. The molecule has 7 nitrogen and oxygen atoms in total. The Morgan fingerprint density at radius 2 is 1.81 bits per heavy atom. The largest absolute Gasteiger partial charge is 0.335 e. The fraction of sp³-hybridized carbons (Fsp3) is 0.611. The van der Waals surface area contributed by atoms with Gasteiger partial charge in [-0.3, -0.25) is 4.90 Å². The van der Waals surface area contributed by atoms with E-state index < -0.39 is 10.0 Å². The van der Waals surface area contributed by atoms with Crippen LogP contribution < -0.4 is 10.5 Å². The van der Waals surface area contributed by atoms with Crippen LogP contribution >= 0.6 is 0 Å². The number of likely N-dealkylation sites (tertiary alicyclic amines) is 2. The highest BCUT2D eigenvalue weighted by atomic mass is 32.2. The monoisotopic (exact) mass is 380 g/mol. The average molecular weight is 381 g/mol. The van der Waals surface area contributed by atoms with Crippen LogP contribution in [-0.2, 0) is 16.6 Å². The minimum atomic E-state index is -3.48. The number of carbonyl (C=O) groups is 1. The summed E-state index contributed by atoms with van der Waals surface area (Å²) >= 11 is 0. The van der Waals surface area contributed by atoms with Crippen molar-refractivity contribution in [2.45, 2.75) is 31.8 Å². The number of amides is 2. The molecule has 1 unspecified atom stereocenters. The number of rotatable bonds is 5. The lowest BCUT2D eigenvalue weighted by Crippen LogP contribution is -2.48. The van der Waals surface area contributed by atoms with Gasteiger partial charge in [-0.1, -0.05) is 30.3 Å². The predicted octanol–water partition coefficient (Wildman–Crippen LogP) is 0.971. The second-order valence-corrected chi connectivity index (χ2v) is 9.07. The third-order valence-electron chi connectivity index (χ3n) is 5.21. The van der Waals surface area contributed by atoms with Crippen LogP contribution in [-0.4, -0.2) is 62.2 Å². The number of hydrogen-bond donors (Lipinski definition) is 2. The van der Waals surface area contributed by atoms with Crippen LogP contribution in [0.2, 0.25) is 0 Å². The van der Waals surface area contributed by atoms with E-state index in [1.165, 1.54) is 5.56 Å². The van der Waals surface area contributed by atoms with Crippen molar-refractivity contribution in [2.24, 2.45) is 11.1 Å². The number of carbonyl (C=O) groups excluding carboxylic acids is 1. The molecular formula is C18H28N4O3S. The molecule has 1 aromatic carbocycles. The Bertz CT molecular complexity index is 702. The van der Waals surface area contributed by atoms with E-state index in [9.17, 15) is 13.2 Å². The predicted molar refractivity (Wildman–Crippen MR) is 101 cm³/mol. The molecule has 8 heteroatoms. The van der Waals surface area contributed by atoms with Crippen LogP contribution in [0.1, 0.15) is 24.8 Å². The van der Waals surface area contributed by atoms with Gasteiger partial charge < -0.3 is 10.2 Å². The number of sulfonamides is 1. The first-order valence-electron chi connectivity index (χ1n) is 9.21. The highest BCUT2D eigenvalue weighted by Gasteiger charge is 2.30. The Morgan fingerprint density at radius 1 is 1.12 bits per heavy atom. The molecule has 0 bridgehead atoms. The van der Waals surface area contributed by atoms with E-state index in [2.05, 4.69) is 34.5 Å². The van der Waals surface area contributed by atoms with Gasteiger partial charge in [-0.05, 0) is 30.7 Å². The number of nitrogens with two attached hydrogens (primary N) is 1. The van der Waals surface area contributed by atoms with Crippen molar-refractivity contribution in [3.8, 4) is 0 Å². The van der Waals surface area contributed by atoms with Crippen LogP contribution in [0.3, 0.4) is 0 Å². The van der Waals surface area contributed by atoms with Crippen molar-refractivity contribution in [1.82, 2.24) is 15.1 Å². The van der Waals surface area contributed by atoms with Gasteiger partial charge in [0, 0.05) is 38.8 Å². The molecule has 0 radical (unpaired) electrons. The molecule has 0 aliphatic carbocycles. The zero-order valence-electron chi connectivity index (χ0n) is 15.0. The van der Waals surface area contributed by atoms with Crippen molar-refractivity contribution in [3.63, 3.8) is 0 Å². The number of urea groups is 1. The minimum Gasteiger partial charge on any atom is -0.335 e. The molecule has 2 aliphatic heterocycles. The van der Waals surface area contributed by atoms with Gasteiger partial charge in [0.15, 0.2) is 0 Å². The van der Waals surface area contributed by atoms with Crippen LogP contribution in [0.15, 0.2) is 30.3 Å². The summed E-state index contributed by atoms with van der Waals surface area (Å²) in [5.41, 5.74) is 1.31. The second kappa shape index (κ2) is 8.37. The summed E-state index contributed by atoms with van der Waals surface area (Å²) in [6, 6.07) is 10.5. The first-order valence-corrected chi connectivity index (χ1v) is 10.9. The Hall–Kier alpha value is -1.64. The highest BCUT2D eigenvalue weighted by Crippen LogP contribution is 2.19. The van der Waals surface area contributed by atoms with E-state index in [0.717, 1.165) is 32.5 Å². The third kappa shape index (κ3) is 5.69. The molecule has 2 aliphatic rings. The molecule has 0 aromatic heterocycles. The summed E-state index contributed by atoms with van der Waals surface area (Å²) in [4.78, 5) is 16.5. The molecule has 144 valence electrons. The van der Waals surface area contributed by atoms with Gasteiger partial charge in [-0.25, -0.2) is 18.4 Å². The molecule has 0 spiro atoms. The van der Waals surface area contributed by atoms with Crippen molar-refractivity contribution in [1.29, 1.82) is 0 Å². The lowest BCUT2D eigenvalue weighted by molar-refractivity contribution is 0.173. The van der Waals surface area contributed by atoms with Gasteiger partial charge in [-0.15, -0.1) is 0 Å². The first-order chi connectivity index (χ1) is 12.4. The smallest absolute Gasteiger partial charge is 0.317 e. The molecule has 2 saturated heterocycles. The molecule has 26 heavy (non-hydrogen) atoms. The zero-order valence-corrected chi connectivity index (χ0v) is 15.8. The highest BCUT2D eigenvalue weighted by molar-refractivity contribution is 7.89. The van der Waals surface area contributed by atoms with Gasteiger partial charge in [0.25, 0.3) is 0 Å². The van der Waals surface area contributed by atoms with E-state index in [1.54, 1.807) is 4.90 Å². The number of benzene rings is 1. The number of nitrogens with one attached hydrogen (secondary N) is 1. The maximum absolute atomic E-state index is 12.4. The Morgan fingerprint density at radius 3 is 2.46 bits per heavy atom. The zero-order chi connectivity index (χ0) is 18.6. The van der Waals surface area contributed by atoms with Crippen LogP contribution in [0, 0.1) is 5.92 Å². The summed E-state index contributed by atoms with van der Waals surface area (Å²) < 4.78 is 22.4. The Labute approximate surface area is 155 Å². The number of piperidine rings is 1.